The van der Waals surface area contributed by atoms with Crippen LogP contribution in [0.3, 0.4) is 0 Å². The second kappa shape index (κ2) is 10.3. The molecule has 27 heavy (non-hydrogen) atoms. The minimum absolute atomic E-state index is 0.0873. The molecule has 0 aliphatic carbocycles. The molecule has 0 saturated heterocycles. The van der Waals surface area contributed by atoms with E-state index in [1.165, 1.54) is 0 Å². The molecular weight excluding hydrogens is 338 g/mol. The van der Waals surface area contributed by atoms with Gasteiger partial charge in [0.1, 0.15) is 0 Å². The average Bonchev–Trinajstić information content (AvgIpc) is 2.66. The van der Waals surface area contributed by atoms with Crippen molar-refractivity contribution >= 4 is 17.5 Å². The van der Waals surface area contributed by atoms with Crippen molar-refractivity contribution in [1.82, 2.24) is 10.7 Å². The molecule has 0 radical (unpaired) electrons. The number of nitrogens with one attached hydrogen (secondary N) is 2. The maximum absolute atomic E-state index is 12.1. The Labute approximate surface area is 160 Å². The van der Waals surface area contributed by atoms with Crippen molar-refractivity contribution < 1.29 is 9.59 Å². The van der Waals surface area contributed by atoms with Crippen LogP contribution in [0.25, 0.3) is 11.1 Å². The van der Waals surface area contributed by atoms with Crippen LogP contribution in [0, 0.1) is 5.92 Å². The average molecular weight is 365 g/mol. The molecule has 0 heterocycles. The van der Waals surface area contributed by atoms with Crippen molar-refractivity contribution in [2.75, 3.05) is 6.54 Å². The van der Waals surface area contributed by atoms with E-state index < -0.39 is 0 Å². The molecule has 2 aromatic carbocycles. The molecule has 0 spiro atoms. The lowest BCUT2D eigenvalue weighted by Crippen LogP contribution is -2.29. The SMILES string of the molecule is C/C(CC(=O)NCC(C)C)=N/NC(=O)Cc1ccc(-c2ccccc2)cc1. The van der Waals surface area contributed by atoms with E-state index in [0.717, 1.165) is 16.7 Å². The van der Waals surface area contributed by atoms with E-state index in [9.17, 15) is 9.59 Å². The first-order chi connectivity index (χ1) is 12.9. The van der Waals surface area contributed by atoms with Gasteiger partial charge in [-0.1, -0.05) is 68.4 Å². The number of nitrogens with zero attached hydrogens (tertiary/aromatic N) is 1. The summed E-state index contributed by atoms with van der Waals surface area (Å²) < 4.78 is 0. The highest BCUT2D eigenvalue weighted by Crippen LogP contribution is 2.19. The minimum Gasteiger partial charge on any atom is -0.356 e. The van der Waals surface area contributed by atoms with Crippen molar-refractivity contribution in [1.29, 1.82) is 0 Å². The van der Waals surface area contributed by atoms with Crippen molar-refractivity contribution in [2.45, 2.75) is 33.6 Å². The van der Waals surface area contributed by atoms with Crippen molar-refractivity contribution in [3.05, 3.63) is 60.2 Å². The Morgan fingerprint density at radius 2 is 1.56 bits per heavy atom. The summed E-state index contributed by atoms with van der Waals surface area (Å²) in [6.07, 6.45) is 0.421. The van der Waals surface area contributed by atoms with Gasteiger partial charge in [-0.15, -0.1) is 0 Å². The van der Waals surface area contributed by atoms with Gasteiger partial charge in [0.2, 0.25) is 11.8 Å². The largest absolute Gasteiger partial charge is 0.356 e. The zero-order chi connectivity index (χ0) is 19.6. The zero-order valence-electron chi connectivity index (χ0n) is 16.2. The van der Waals surface area contributed by atoms with Gasteiger partial charge in [0.15, 0.2) is 0 Å². The van der Waals surface area contributed by atoms with Gasteiger partial charge in [-0.2, -0.15) is 5.10 Å². The number of hydrogen-bond donors (Lipinski definition) is 2. The lowest BCUT2D eigenvalue weighted by Gasteiger charge is -2.07. The summed E-state index contributed by atoms with van der Waals surface area (Å²) in [6, 6.07) is 18.0. The molecule has 0 atom stereocenters. The van der Waals surface area contributed by atoms with Crippen LogP contribution in [-0.2, 0) is 16.0 Å². The van der Waals surface area contributed by atoms with E-state index in [1.54, 1.807) is 6.92 Å². The monoisotopic (exact) mass is 365 g/mol. The molecule has 2 amide bonds. The van der Waals surface area contributed by atoms with Crippen LogP contribution in [0.2, 0.25) is 0 Å². The predicted molar refractivity (Wildman–Crippen MR) is 109 cm³/mol. The van der Waals surface area contributed by atoms with Crippen molar-refractivity contribution in [3.63, 3.8) is 0 Å². The predicted octanol–water partition coefficient (Wildman–Crippen LogP) is 3.55. The fourth-order valence-electron chi connectivity index (χ4n) is 2.48. The van der Waals surface area contributed by atoms with Crippen LogP contribution in [0.4, 0.5) is 0 Å². The van der Waals surface area contributed by atoms with E-state index in [1.807, 2.05) is 56.3 Å². The number of amides is 2. The van der Waals surface area contributed by atoms with Crippen molar-refractivity contribution in [3.8, 4) is 11.1 Å². The lowest BCUT2D eigenvalue weighted by atomic mass is 10.0. The van der Waals surface area contributed by atoms with Gasteiger partial charge >= 0.3 is 0 Å². The number of carbonyl (C=O) groups excluding carboxylic acids is 2. The molecule has 0 unspecified atom stereocenters. The lowest BCUT2D eigenvalue weighted by molar-refractivity contribution is -0.121. The highest BCUT2D eigenvalue weighted by atomic mass is 16.2. The summed E-state index contributed by atoms with van der Waals surface area (Å²) in [6.45, 7) is 6.43. The first-order valence-corrected chi connectivity index (χ1v) is 9.17. The molecule has 2 N–H and O–H groups in total. The van der Waals surface area contributed by atoms with Gasteiger partial charge in [-0.05, 0) is 29.5 Å². The molecule has 0 saturated carbocycles. The summed E-state index contributed by atoms with van der Waals surface area (Å²) >= 11 is 0. The molecule has 2 rings (SSSR count). The van der Waals surface area contributed by atoms with Gasteiger partial charge in [-0.3, -0.25) is 9.59 Å². The number of hydrogen-bond acceptors (Lipinski definition) is 3. The van der Waals surface area contributed by atoms with Crippen LogP contribution in [0.5, 0.6) is 0 Å². The highest BCUT2D eigenvalue weighted by molar-refractivity contribution is 6.00. The molecule has 5 heteroatoms. The van der Waals surface area contributed by atoms with Gasteiger partial charge in [-0.25, -0.2) is 5.43 Å². The van der Waals surface area contributed by atoms with E-state index in [-0.39, 0.29) is 24.7 Å². The summed E-state index contributed by atoms with van der Waals surface area (Å²) in [5, 5.41) is 6.84. The fourth-order valence-corrected chi connectivity index (χ4v) is 2.48. The molecular formula is C22H27N3O2. The van der Waals surface area contributed by atoms with Crippen LogP contribution in [-0.4, -0.2) is 24.1 Å². The van der Waals surface area contributed by atoms with Crippen LogP contribution >= 0.6 is 0 Å². The van der Waals surface area contributed by atoms with Gasteiger partial charge < -0.3 is 5.32 Å². The van der Waals surface area contributed by atoms with E-state index in [0.29, 0.717) is 18.2 Å². The maximum atomic E-state index is 12.1. The van der Waals surface area contributed by atoms with E-state index >= 15 is 0 Å². The number of rotatable bonds is 8. The summed E-state index contributed by atoms with van der Waals surface area (Å²) in [4.78, 5) is 23.8. The normalized spacial score (nSPS) is 11.3. The van der Waals surface area contributed by atoms with E-state index in [4.69, 9.17) is 0 Å². The zero-order valence-corrected chi connectivity index (χ0v) is 16.2. The Hall–Kier alpha value is -2.95. The van der Waals surface area contributed by atoms with Crippen molar-refractivity contribution in [2.24, 2.45) is 11.0 Å². The minimum atomic E-state index is -0.204. The molecule has 0 aliphatic heterocycles. The second-order valence-corrected chi connectivity index (χ2v) is 7.00. The third-order valence-corrected chi connectivity index (χ3v) is 3.92. The first-order valence-electron chi connectivity index (χ1n) is 9.17. The second-order valence-electron chi connectivity index (χ2n) is 7.00. The summed E-state index contributed by atoms with van der Waals surface area (Å²) in [5.41, 5.74) is 6.26. The third-order valence-electron chi connectivity index (χ3n) is 3.92. The molecule has 2 aromatic rings. The van der Waals surface area contributed by atoms with Crippen LogP contribution in [0.15, 0.2) is 59.7 Å². The summed E-state index contributed by atoms with van der Waals surface area (Å²) in [7, 11) is 0. The third kappa shape index (κ3) is 7.44. The molecule has 0 aromatic heterocycles. The Morgan fingerprint density at radius 1 is 0.926 bits per heavy atom. The number of hydrazone groups is 1. The Kier molecular flexibility index (Phi) is 7.74. The Morgan fingerprint density at radius 3 is 2.19 bits per heavy atom. The fraction of sp³-hybridized carbons (Fsp3) is 0.318. The summed E-state index contributed by atoms with van der Waals surface area (Å²) in [5.74, 6) is 0.110. The number of benzene rings is 2. The molecule has 0 bridgehead atoms. The number of carbonyl (C=O) groups is 2. The quantitative estimate of drug-likeness (QED) is 0.555. The maximum Gasteiger partial charge on any atom is 0.244 e. The van der Waals surface area contributed by atoms with Gasteiger partial charge in [0, 0.05) is 12.3 Å². The highest BCUT2D eigenvalue weighted by Gasteiger charge is 2.06. The smallest absolute Gasteiger partial charge is 0.244 e. The van der Waals surface area contributed by atoms with Crippen LogP contribution in [0.1, 0.15) is 32.8 Å². The van der Waals surface area contributed by atoms with E-state index in [2.05, 4.69) is 28.0 Å². The molecule has 0 aliphatic rings. The Bertz CT molecular complexity index is 781. The topological polar surface area (TPSA) is 70.6 Å². The van der Waals surface area contributed by atoms with Gasteiger partial charge in [0.25, 0.3) is 0 Å². The molecule has 5 nitrogen and oxygen atoms in total. The van der Waals surface area contributed by atoms with Gasteiger partial charge in [0.05, 0.1) is 12.8 Å². The molecule has 0 fully saturated rings. The standard InChI is InChI=1S/C22H27N3O2/c1-16(2)15-23-21(26)13-17(3)24-25-22(27)14-18-9-11-20(12-10-18)19-7-5-4-6-8-19/h4-12,16H,13-15H2,1-3H3,(H,23,26)(H,25,27)/b24-17-. The Balaban J connectivity index is 1.82. The first kappa shape index (κ1) is 20.4. The molecule has 142 valence electrons. The van der Waals surface area contributed by atoms with Crippen LogP contribution < -0.4 is 10.7 Å².